The number of nitrogens with one attached hydrogen (secondary N) is 2. The molecule has 0 aliphatic heterocycles. The van der Waals surface area contributed by atoms with E-state index in [-0.39, 0.29) is 17.9 Å². The van der Waals surface area contributed by atoms with E-state index in [1.165, 1.54) is 11.3 Å². The van der Waals surface area contributed by atoms with E-state index in [9.17, 15) is 9.59 Å². The minimum atomic E-state index is -0.255. The van der Waals surface area contributed by atoms with Gasteiger partial charge in [0.2, 0.25) is 0 Å². The summed E-state index contributed by atoms with van der Waals surface area (Å²) in [5.41, 5.74) is 2.50. The SMILES string of the molecule is Cc1ccccc1CNC(=O)c1csc(C(=O)NC2CCCC2)n1. The Kier molecular flexibility index (Phi) is 5.25. The average molecular weight is 343 g/mol. The van der Waals surface area contributed by atoms with Crippen molar-refractivity contribution >= 4 is 23.2 Å². The topological polar surface area (TPSA) is 71.1 Å². The molecule has 5 nitrogen and oxygen atoms in total. The van der Waals surface area contributed by atoms with Crippen molar-refractivity contribution in [2.24, 2.45) is 0 Å². The van der Waals surface area contributed by atoms with Gasteiger partial charge in [0.25, 0.3) is 11.8 Å². The Morgan fingerprint density at radius 3 is 2.71 bits per heavy atom. The standard InChI is InChI=1S/C18H21N3O2S/c1-12-6-2-3-7-13(12)10-19-16(22)15-11-24-18(21-15)17(23)20-14-8-4-5-9-14/h2-3,6-7,11,14H,4-5,8-10H2,1H3,(H,19,22)(H,20,23). The molecule has 1 aromatic carbocycles. The van der Waals surface area contributed by atoms with Gasteiger partial charge in [-0.1, -0.05) is 37.1 Å². The minimum absolute atomic E-state index is 0.176. The third-order valence-corrected chi connectivity index (χ3v) is 5.16. The summed E-state index contributed by atoms with van der Waals surface area (Å²) >= 11 is 1.21. The molecule has 0 saturated heterocycles. The molecule has 1 saturated carbocycles. The smallest absolute Gasteiger partial charge is 0.280 e. The van der Waals surface area contributed by atoms with Gasteiger partial charge in [0.15, 0.2) is 5.01 Å². The number of aromatic nitrogens is 1. The second-order valence-corrected chi connectivity index (χ2v) is 6.96. The molecule has 126 valence electrons. The second kappa shape index (κ2) is 7.57. The van der Waals surface area contributed by atoms with Gasteiger partial charge in [0.05, 0.1) is 0 Å². The first-order chi connectivity index (χ1) is 11.6. The van der Waals surface area contributed by atoms with Crippen LogP contribution in [0.15, 0.2) is 29.6 Å². The maximum absolute atomic E-state index is 12.2. The number of carbonyl (C=O) groups excluding carboxylic acids is 2. The number of hydrogen-bond donors (Lipinski definition) is 2. The molecule has 1 heterocycles. The molecule has 2 amide bonds. The fourth-order valence-electron chi connectivity index (χ4n) is 2.87. The number of benzene rings is 1. The number of amides is 2. The first kappa shape index (κ1) is 16.6. The van der Waals surface area contributed by atoms with Gasteiger partial charge in [0, 0.05) is 18.0 Å². The van der Waals surface area contributed by atoms with Crippen molar-refractivity contribution in [3.05, 3.63) is 51.5 Å². The zero-order valence-corrected chi connectivity index (χ0v) is 14.5. The first-order valence-electron chi connectivity index (χ1n) is 8.22. The van der Waals surface area contributed by atoms with Crippen molar-refractivity contribution in [3.63, 3.8) is 0 Å². The fourth-order valence-corrected chi connectivity index (χ4v) is 3.57. The molecule has 0 bridgehead atoms. The minimum Gasteiger partial charge on any atom is -0.347 e. The van der Waals surface area contributed by atoms with Crippen LogP contribution in [0.2, 0.25) is 0 Å². The summed E-state index contributed by atoms with van der Waals surface area (Å²) in [4.78, 5) is 28.6. The highest BCUT2D eigenvalue weighted by molar-refractivity contribution is 7.11. The Balaban J connectivity index is 1.57. The van der Waals surface area contributed by atoms with Crippen LogP contribution in [0.3, 0.4) is 0 Å². The van der Waals surface area contributed by atoms with Crippen LogP contribution in [0.1, 0.15) is 57.1 Å². The summed E-state index contributed by atoms with van der Waals surface area (Å²) in [6, 6.07) is 8.16. The highest BCUT2D eigenvalue weighted by atomic mass is 32.1. The zero-order valence-electron chi connectivity index (χ0n) is 13.7. The zero-order chi connectivity index (χ0) is 16.9. The molecule has 0 radical (unpaired) electrons. The van der Waals surface area contributed by atoms with Crippen LogP contribution in [-0.2, 0) is 6.54 Å². The van der Waals surface area contributed by atoms with Crippen molar-refractivity contribution in [3.8, 4) is 0 Å². The third kappa shape index (κ3) is 4.00. The first-order valence-corrected chi connectivity index (χ1v) is 9.10. The van der Waals surface area contributed by atoms with Crippen molar-refractivity contribution < 1.29 is 9.59 Å². The predicted octanol–water partition coefficient (Wildman–Crippen LogP) is 3.05. The highest BCUT2D eigenvalue weighted by Crippen LogP contribution is 2.19. The maximum Gasteiger partial charge on any atom is 0.280 e. The lowest BCUT2D eigenvalue weighted by Gasteiger charge is -2.09. The monoisotopic (exact) mass is 343 g/mol. The summed E-state index contributed by atoms with van der Waals surface area (Å²) in [6.07, 6.45) is 4.38. The Hall–Kier alpha value is -2.21. The van der Waals surface area contributed by atoms with E-state index in [0.29, 0.717) is 17.2 Å². The van der Waals surface area contributed by atoms with Gasteiger partial charge in [-0.15, -0.1) is 11.3 Å². The molecular formula is C18H21N3O2S. The summed E-state index contributed by atoms with van der Waals surface area (Å²) in [5.74, 6) is -0.431. The molecule has 1 aliphatic rings. The molecule has 1 fully saturated rings. The summed E-state index contributed by atoms with van der Waals surface area (Å²) in [6.45, 7) is 2.46. The van der Waals surface area contributed by atoms with Gasteiger partial charge in [0.1, 0.15) is 5.69 Å². The Morgan fingerprint density at radius 2 is 1.96 bits per heavy atom. The molecule has 6 heteroatoms. The van der Waals surface area contributed by atoms with Crippen molar-refractivity contribution in [2.45, 2.75) is 45.2 Å². The van der Waals surface area contributed by atoms with E-state index in [1.807, 2.05) is 31.2 Å². The van der Waals surface area contributed by atoms with E-state index in [0.717, 1.165) is 36.8 Å². The van der Waals surface area contributed by atoms with E-state index in [1.54, 1.807) is 5.38 Å². The molecule has 3 rings (SSSR count). The normalized spacial score (nSPS) is 14.5. The van der Waals surface area contributed by atoms with Crippen LogP contribution >= 0.6 is 11.3 Å². The Labute approximate surface area is 145 Å². The average Bonchev–Trinajstić information content (AvgIpc) is 3.25. The number of carbonyl (C=O) groups is 2. The van der Waals surface area contributed by atoms with E-state index >= 15 is 0 Å². The van der Waals surface area contributed by atoms with Crippen LogP contribution in [0.25, 0.3) is 0 Å². The van der Waals surface area contributed by atoms with Gasteiger partial charge >= 0.3 is 0 Å². The molecule has 0 atom stereocenters. The fraction of sp³-hybridized carbons (Fsp3) is 0.389. The third-order valence-electron chi connectivity index (χ3n) is 4.32. The lowest BCUT2D eigenvalue weighted by Crippen LogP contribution is -2.32. The number of rotatable bonds is 5. The summed E-state index contributed by atoms with van der Waals surface area (Å²) in [5, 5.41) is 7.83. The Bertz CT molecular complexity index is 735. The van der Waals surface area contributed by atoms with Crippen LogP contribution in [0, 0.1) is 6.92 Å². The molecule has 0 spiro atoms. The van der Waals surface area contributed by atoms with Gasteiger partial charge < -0.3 is 10.6 Å². The number of nitrogens with zero attached hydrogens (tertiary/aromatic N) is 1. The van der Waals surface area contributed by atoms with Gasteiger partial charge in [-0.05, 0) is 30.9 Å². The molecular weight excluding hydrogens is 322 g/mol. The molecule has 2 aromatic rings. The molecule has 24 heavy (non-hydrogen) atoms. The van der Waals surface area contributed by atoms with Crippen molar-refractivity contribution in [1.29, 1.82) is 0 Å². The van der Waals surface area contributed by atoms with Crippen LogP contribution in [0.5, 0.6) is 0 Å². The number of hydrogen-bond acceptors (Lipinski definition) is 4. The molecule has 1 aliphatic carbocycles. The maximum atomic E-state index is 12.2. The van der Waals surface area contributed by atoms with E-state index in [2.05, 4.69) is 15.6 Å². The largest absolute Gasteiger partial charge is 0.347 e. The summed E-state index contributed by atoms with van der Waals surface area (Å²) in [7, 11) is 0. The molecule has 1 aromatic heterocycles. The van der Waals surface area contributed by atoms with Gasteiger partial charge in [-0.2, -0.15) is 0 Å². The quantitative estimate of drug-likeness (QED) is 0.876. The lowest BCUT2D eigenvalue weighted by atomic mass is 10.1. The Morgan fingerprint density at radius 1 is 1.21 bits per heavy atom. The summed E-state index contributed by atoms with van der Waals surface area (Å²) < 4.78 is 0. The molecule has 0 unspecified atom stereocenters. The van der Waals surface area contributed by atoms with Crippen molar-refractivity contribution in [1.82, 2.24) is 15.6 Å². The van der Waals surface area contributed by atoms with Crippen LogP contribution < -0.4 is 10.6 Å². The van der Waals surface area contributed by atoms with E-state index < -0.39 is 0 Å². The molecule has 2 N–H and O–H groups in total. The van der Waals surface area contributed by atoms with Crippen LogP contribution in [0.4, 0.5) is 0 Å². The van der Waals surface area contributed by atoms with Gasteiger partial charge in [-0.3, -0.25) is 9.59 Å². The number of aryl methyl sites for hydroxylation is 1. The van der Waals surface area contributed by atoms with Crippen LogP contribution in [-0.4, -0.2) is 22.8 Å². The van der Waals surface area contributed by atoms with Gasteiger partial charge in [-0.25, -0.2) is 4.98 Å². The van der Waals surface area contributed by atoms with E-state index in [4.69, 9.17) is 0 Å². The number of thiazole rings is 1. The predicted molar refractivity (Wildman–Crippen MR) is 94.2 cm³/mol. The lowest BCUT2D eigenvalue weighted by molar-refractivity contribution is 0.0937. The second-order valence-electron chi connectivity index (χ2n) is 6.10. The highest BCUT2D eigenvalue weighted by Gasteiger charge is 2.21. The van der Waals surface area contributed by atoms with Crippen molar-refractivity contribution in [2.75, 3.05) is 0 Å².